The van der Waals surface area contributed by atoms with Crippen molar-refractivity contribution in [3.05, 3.63) is 52.1 Å². The molecule has 0 aliphatic carbocycles. The van der Waals surface area contributed by atoms with Crippen molar-refractivity contribution in [1.29, 1.82) is 0 Å². The lowest BCUT2D eigenvalue weighted by molar-refractivity contribution is -0.133. The Balaban J connectivity index is 1.91. The fourth-order valence-electron chi connectivity index (χ4n) is 3.93. The van der Waals surface area contributed by atoms with Gasteiger partial charge in [-0.1, -0.05) is 19.1 Å². The van der Waals surface area contributed by atoms with Crippen molar-refractivity contribution in [1.82, 2.24) is 24.0 Å². The molecule has 1 saturated heterocycles. The predicted molar refractivity (Wildman–Crippen MR) is 111 cm³/mol. The molecule has 3 aromatic rings. The van der Waals surface area contributed by atoms with E-state index in [0.717, 1.165) is 22.0 Å². The first-order valence-electron chi connectivity index (χ1n) is 10.1. The van der Waals surface area contributed by atoms with Crippen LogP contribution in [0.15, 0.2) is 29.1 Å². The summed E-state index contributed by atoms with van der Waals surface area (Å²) >= 11 is 0. The number of amides is 2. The molecule has 2 aromatic heterocycles. The van der Waals surface area contributed by atoms with E-state index >= 15 is 0 Å². The normalized spacial score (nSPS) is 14.9. The molecule has 9 nitrogen and oxygen atoms in total. The topological polar surface area (TPSA) is 116 Å². The van der Waals surface area contributed by atoms with Gasteiger partial charge in [0.1, 0.15) is 23.7 Å². The molecule has 2 amide bonds. The number of likely N-dealkylation sites (tertiary alicyclic amines) is 1. The van der Waals surface area contributed by atoms with E-state index in [1.165, 1.54) is 18.2 Å². The largest absolute Gasteiger partial charge is 0.364 e. The summed E-state index contributed by atoms with van der Waals surface area (Å²) in [6, 6.07) is 5.72. The number of carbonyl (C=O) groups is 2. The van der Waals surface area contributed by atoms with Crippen LogP contribution in [0.2, 0.25) is 0 Å². The van der Waals surface area contributed by atoms with Crippen molar-refractivity contribution in [2.75, 3.05) is 13.1 Å². The lowest BCUT2D eigenvalue weighted by Crippen LogP contribution is -2.41. The summed E-state index contributed by atoms with van der Waals surface area (Å²) in [4.78, 5) is 48.5. The number of halogens is 1. The first-order valence-corrected chi connectivity index (χ1v) is 10.1. The lowest BCUT2D eigenvalue weighted by atomic mass is 9.99. The number of rotatable bonds is 4. The maximum absolute atomic E-state index is 14.6. The quantitative estimate of drug-likeness (QED) is 0.677. The van der Waals surface area contributed by atoms with Crippen molar-refractivity contribution in [3.63, 3.8) is 0 Å². The Kier molecular flexibility index (Phi) is 5.30. The fourth-order valence-corrected chi connectivity index (χ4v) is 3.93. The van der Waals surface area contributed by atoms with Crippen molar-refractivity contribution in [2.24, 2.45) is 11.7 Å². The maximum Gasteiger partial charge on any atom is 0.335 e. The van der Waals surface area contributed by atoms with E-state index in [1.807, 2.05) is 0 Å². The van der Waals surface area contributed by atoms with Gasteiger partial charge in [-0.25, -0.2) is 23.7 Å². The minimum atomic E-state index is -0.867. The SMILES string of the molecule is Cc1nc(C(N)=O)c2c(n1)n(-c1ccccc1F)c(=O)n2CC(=O)N1CCC(C)CC1. The van der Waals surface area contributed by atoms with Gasteiger partial charge in [0.2, 0.25) is 5.91 Å². The predicted octanol–water partition coefficient (Wildman–Crippen LogP) is 1.39. The third-order valence-electron chi connectivity index (χ3n) is 5.64. The number of piperidine rings is 1. The Morgan fingerprint density at radius 2 is 1.87 bits per heavy atom. The third-order valence-corrected chi connectivity index (χ3v) is 5.64. The van der Waals surface area contributed by atoms with Gasteiger partial charge in [0.25, 0.3) is 5.91 Å². The molecule has 31 heavy (non-hydrogen) atoms. The minimum absolute atomic E-state index is 0.0186. The Hall–Kier alpha value is -3.56. The van der Waals surface area contributed by atoms with Crippen LogP contribution in [-0.2, 0) is 11.3 Å². The molecule has 0 bridgehead atoms. The molecular weight excluding hydrogens is 403 g/mol. The number of para-hydroxylation sites is 1. The number of nitrogens with two attached hydrogens (primary N) is 1. The van der Waals surface area contributed by atoms with Crippen LogP contribution in [0.1, 0.15) is 36.1 Å². The summed E-state index contributed by atoms with van der Waals surface area (Å²) in [5.41, 5.74) is 4.64. The fraction of sp³-hybridized carbons (Fsp3) is 0.381. The summed E-state index contributed by atoms with van der Waals surface area (Å²) in [6.07, 6.45) is 1.76. The summed E-state index contributed by atoms with van der Waals surface area (Å²) < 4.78 is 16.7. The van der Waals surface area contributed by atoms with Crippen molar-refractivity contribution in [2.45, 2.75) is 33.2 Å². The molecule has 0 unspecified atom stereocenters. The van der Waals surface area contributed by atoms with E-state index in [1.54, 1.807) is 17.9 Å². The summed E-state index contributed by atoms with van der Waals surface area (Å²) in [6.45, 7) is 4.54. The van der Waals surface area contributed by atoms with E-state index in [-0.39, 0.29) is 40.8 Å². The van der Waals surface area contributed by atoms with Gasteiger partial charge in [-0.05, 0) is 37.8 Å². The first kappa shape index (κ1) is 20.7. The zero-order chi connectivity index (χ0) is 22.3. The molecule has 0 radical (unpaired) electrons. The van der Waals surface area contributed by atoms with E-state index in [2.05, 4.69) is 16.9 Å². The highest BCUT2D eigenvalue weighted by Gasteiger charge is 2.27. The van der Waals surface area contributed by atoms with Gasteiger partial charge in [0.15, 0.2) is 11.3 Å². The smallest absolute Gasteiger partial charge is 0.335 e. The first-order chi connectivity index (χ1) is 14.8. The second-order valence-corrected chi connectivity index (χ2v) is 7.87. The van der Waals surface area contributed by atoms with E-state index in [9.17, 15) is 18.8 Å². The number of aryl methyl sites for hydroxylation is 1. The highest BCUT2D eigenvalue weighted by molar-refractivity contribution is 6.02. The summed E-state index contributed by atoms with van der Waals surface area (Å²) in [5, 5.41) is 0. The molecule has 3 heterocycles. The number of benzene rings is 1. The molecule has 1 aliphatic rings. The molecule has 1 aromatic carbocycles. The molecule has 162 valence electrons. The third kappa shape index (κ3) is 3.69. The maximum atomic E-state index is 14.6. The van der Waals surface area contributed by atoms with Crippen LogP contribution in [0.3, 0.4) is 0 Å². The minimum Gasteiger partial charge on any atom is -0.364 e. The molecule has 10 heteroatoms. The van der Waals surface area contributed by atoms with Gasteiger partial charge in [-0.2, -0.15) is 0 Å². The van der Waals surface area contributed by atoms with E-state index in [0.29, 0.717) is 19.0 Å². The Morgan fingerprint density at radius 1 is 1.19 bits per heavy atom. The van der Waals surface area contributed by atoms with Crippen LogP contribution in [-0.4, -0.2) is 48.9 Å². The van der Waals surface area contributed by atoms with Crippen LogP contribution < -0.4 is 11.4 Å². The number of aromatic nitrogens is 4. The van der Waals surface area contributed by atoms with Crippen LogP contribution >= 0.6 is 0 Å². The van der Waals surface area contributed by atoms with Crippen LogP contribution in [0.5, 0.6) is 0 Å². The number of hydrogen-bond donors (Lipinski definition) is 1. The molecule has 1 fully saturated rings. The van der Waals surface area contributed by atoms with Gasteiger partial charge in [-0.3, -0.25) is 14.2 Å². The van der Waals surface area contributed by atoms with Crippen molar-refractivity contribution < 1.29 is 14.0 Å². The Morgan fingerprint density at radius 3 is 2.52 bits per heavy atom. The van der Waals surface area contributed by atoms with Gasteiger partial charge in [0, 0.05) is 13.1 Å². The zero-order valence-electron chi connectivity index (χ0n) is 17.3. The monoisotopic (exact) mass is 426 g/mol. The van der Waals surface area contributed by atoms with Crippen LogP contribution in [0.25, 0.3) is 16.9 Å². The molecular formula is C21H23FN6O3. The number of fused-ring (bicyclic) bond motifs is 1. The van der Waals surface area contributed by atoms with Crippen molar-refractivity contribution >= 4 is 23.0 Å². The van der Waals surface area contributed by atoms with Gasteiger partial charge < -0.3 is 10.6 Å². The molecule has 0 atom stereocenters. The summed E-state index contributed by atoms with van der Waals surface area (Å²) in [7, 11) is 0. The second kappa shape index (κ2) is 7.93. The number of imidazole rings is 1. The second-order valence-electron chi connectivity index (χ2n) is 7.87. The van der Waals surface area contributed by atoms with Gasteiger partial charge in [-0.15, -0.1) is 0 Å². The lowest BCUT2D eigenvalue weighted by Gasteiger charge is -2.30. The molecule has 1 aliphatic heterocycles. The number of primary amides is 1. The van der Waals surface area contributed by atoms with E-state index in [4.69, 9.17) is 5.73 Å². The van der Waals surface area contributed by atoms with Gasteiger partial charge in [0.05, 0.1) is 5.69 Å². The van der Waals surface area contributed by atoms with Gasteiger partial charge >= 0.3 is 5.69 Å². The Labute approximate surface area is 177 Å². The molecule has 4 rings (SSSR count). The summed E-state index contributed by atoms with van der Waals surface area (Å²) in [5.74, 6) is -1.05. The molecule has 2 N–H and O–H groups in total. The standard InChI is InChI=1S/C21H23FN6O3/c1-12-7-9-26(10-8-12)16(29)11-27-18-17(19(23)30)24-13(2)25-20(18)28(21(27)31)15-6-4-3-5-14(15)22/h3-6,12H,7-11H2,1-2H3,(H2,23,30). The number of nitrogens with zero attached hydrogens (tertiary/aromatic N) is 5. The average Bonchev–Trinajstić information content (AvgIpc) is 2.99. The zero-order valence-corrected chi connectivity index (χ0v) is 17.3. The Bertz CT molecular complexity index is 1240. The molecule has 0 spiro atoms. The van der Waals surface area contributed by atoms with Crippen LogP contribution in [0, 0.1) is 18.7 Å². The van der Waals surface area contributed by atoms with E-state index < -0.39 is 17.4 Å². The van der Waals surface area contributed by atoms with Crippen LogP contribution in [0.4, 0.5) is 4.39 Å². The number of carbonyl (C=O) groups excluding carboxylic acids is 2. The molecule has 0 saturated carbocycles. The average molecular weight is 426 g/mol. The highest BCUT2D eigenvalue weighted by Crippen LogP contribution is 2.22. The van der Waals surface area contributed by atoms with Crippen molar-refractivity contribution in [3.8, 4) is 5.69 Å². The number of hydrogen-bond acceptors (Lipinski definition) is 5. The highest BCUT2D eigenvalue weighted by atomic mass is 19.1.